The number of β-lactam (4-membered cyclic amide) rings is 1. The van der Waals surface area contributed by atoms with Crippen molar-refractivity contribution >= 4 is 31.7 Å². The van der Waals surface area contributed by atoms with E-state index in [1.54, 1.807) is 4.57 Å². The molecule has 6 heteroatoms. The molecule has 1 saturated heterocycles. The summed E-state index contributed by atoms with van der Waals surface area (Å²) in [5.41, 5.74) is 0. The Balaban J connectivity index is 2.97. The number of aliphatic carboxylic acids is 1. The first kappa shape index (κ1) is 16.5. The van der Waals surface area contributed by atoms with E-state index in [9.17, 15) is 14.7 Å². The third-order valence-corrected chi connectivity index (χ3v) is 10.2. The van der Waals surface area contributed by atoms with Crippen LogP contribution in [0.5, 0.6) is 0 Å². The molecule has 19 heavy (non-hydrogen) atoms. The summed E-state index contributed by atoms with van der Waals surface area (Å²) in [5, 5.41) is 9.37. The highest BCUT2D eigenvalue weighted by molar-refractivity contribution is 6.80. The maximum atomic E-state index is 12.3. The number of carbonyl (C=O) groups excluding carboxylic acids is 1. The zero-order chi connectivity index (χ0) is 15.0. The van der Waals surface area contributed by atoms with Gasteiger partial charge in [-0.1, -0.05) is 33.9 Å². The highest BCUT2D eigenvalue weighted by Gasteiger charge is 2.59. The standard InChI is InChI=1S/C13H24ClNO3Si/c1-13(2,3)19(4,5)15-10(12(17)18)9(11(15)16)7-6-8-14/h9-10H,6-8H2,1-5H3,(H,17,18)/t9-,10?/m1/s1. The number of hydrogen-bond donors (Lipinski definition) is 1. The molecule has 1 N–H and O–H groups in total. The fraction of sp³-hybridized carbons (Fsp3) is 0.846. The van der Waals surface area contributed by atoms with Crippen LogP contribution < -0.4 is 0 Å². The number of carboxylic acid groups (broad SMARTS) is 1. The lowest BCUT2D eigenvalue weighted by atomic mass is 9.86. The van der Waals surface area contributed by atoms with Crippen LogP contribution in [-0.4, -0.2) is 41.7 Å². The Morgan fingerprint density at radius 1 is 1.42 bits per heavy atom. The first-order chi connectivity index (χ1) is 8.55. The molecule has 0 radical (unpaired) electrons. The quantitative estimate of drug-likeness (QED) is 0.483. The topological polar surface area (TPSA) is 57.6 Å². The van der Waals surface area contributed by atoms with Gasteiger partial charge in [-0.2, -0.15) is 0 Å². The molecule has 1 aliphatic heterocycles. The van der Waals surface area contributed by atoms with E-state index in [1.807, 2.05) is 0 Å². The summed E-state index contributed by atoms with van der Waals surface area (Å²) in [4.78, 5) is 23.8. The number of amides is 1. The minimum atomic E-state index is -2.12. The Bertz CT molecular complexity index is 379. The molecule has 0 aromatic rings. The van der Waals surface area contributed by atoms with Gasteiger partial charge in [-0.3, -0.25) is 4.79 Å². The molecule has 1 amide bonds. The van der Waals surface area contributed by atoms with Gasteiger partial charge < -0.3 is 9.67 Å². The number of nitrogens with zero attached hydrogens (tertiary/aromatic N) is 1. The van der Waals surface area contributed by atoms with Gasteiger partial charge >= 0.3 is 5.97 Å². The van der Waals surface area contributed by atoms with Crippen molar-refractivity contribution in [1.82, 2.24) is 4.57 Å². The summed E-state index contributed by atoms with van der Waals surface area (Å²) in [6.45, 7) is 10.4. The predicted molar refractivity (Wildman–Crippen MR) is 78.9 cm³/mol. The maximum Gasteiger partial charge on any atom is 0.326 e. The van der Waals surface area contributed by atoms with Crippen LogP contribution in [0.1, 0.15) is 33.6 Å². The highest BCUT2D eigenvalue weighted by atomic mass is 35.5. The van der Waals surface area contributed by atoms with E-state index < -0.39 is 20.2 Å². The smallest absolute Gasteiger partial charge is 0.326 e. The molecule has 0 aromatic heterocycles. The van der Waals surface area contributed by atoms with E-state index in [0.29, 0.717) is 18.7 Å². The largest absolute Gasteiger partial charge is 0.480 e. The first-order valence-corrected chi connectivity index (χ1v) is 10.2. The van der Waals surface area contributed by atoms with E-state index in [2.05, 4.69) is 33.9 Å². The Morgan fingerprint density at radius 2 is 1.95 bits per heavy atom. The molecule has 0 aromatic carbocycles. The first-order valence-electron chi connectivity index (χ1n) is 6.67. The monoisotopic (exact) mass is 305 g/mol. The lowest BCUT2D eigenvalue weighted by Crippen LogP contribution is -2.74. The third kappa shape index (κ3) is 2.82. The molecular weight excluding hydrogens is 282 g/mol. The molecule has 1 fully saturated rings. The van der Waals surface area contributed by atoms with Crippen LogP contribution in [0.4, 0.5) is 0 Å². The molecule has 0 bridgehead atoms. The van der Waals surface area contributed by atoms with Gasteiger partial charge in [0.25, 0.3) is 0 Å². The lowest BCUT2D eigenvalue weighted by Gasteiger charge is -2.56. The number of rotatable bonds is 5. The second kappa shape index (κ2) is 5.44. The zero-order valence-electron chi connectivity index (χ0n) is 12.4. The van der Waals surface area contributed by atoms with Gasteiger partial charge in [0.05, 0.1) is 5.92 Å². The molecule has 0 aliphatic carbocycles. The van der Waals surface area contributed by atoms with Crippen molar-refractivity contribution in [1.29, 1.82) is 0 Å². The molecule has 1 heterocycles. The number of alkyl halides is 1. The second-order valence-corrected chi connectivity index (χ2v) is 12.2. The Kier molecular flexibility index (Phi) is 4.73. The van der Waals surface area contributed by atoms with Crippen molar-refractivity contribution in [2.75, 3.05) is 5.88 Å². The second-order valence-electron chi connectivity index (χ2n) is 6.74. The van der Waals surface area contributed by atoms with Crippen LogP contribution in [-0.2, 0) is 9.59 Å². The SMILES string of the molecule is CC(C)(C)[Si](C)(C)N1C(=O)[C@H](CCCCl)C1C(=O)O. The summed E-state index contributed by atoms with van der Waals surface area (Å²) in [6.07, 6.45) is 1.26. The Labute approximate surface area is 121 Å². The summed E-state index contributed by atoms with van der Waals surface area (Å²) >= 11 is 5.64. The van der Waals surface area contributed by atoms with Crippen molar-refractivity contribution in [3.05, 3.63) is 0 Å². The third-order valence-electron chi connectivity index (χ3n) is 4.55. The summed E-state index contributed by atoms with van der Waals surface area (Å²) < 4.78 is 1.67. The molecule has 0 saturated carbocycles. The number of carboxylic acids is 1. The van der Waals surface area contributed by atoms with Crippen LogP contribution in [0, 0.1) is 5.92 Å². The minimum absolute atomic E-state index is 0.00380. The number of carbonyl (C=O) groups is 2. The van der Waals surface area contributed by atoms with Crippen molar-refractivity contribution in [2.24, 2.45) is 5.92 Å². The molecule has 0 spiro atoms. The molecule has 1 rings (SSSR count). The van der Waals surface area contributed by atoms with Gasteiger partial charge in [0.2, 0.25) is 5.91 Å². The average molecular weight is 306 g/mol. The van der Waals surface area contributed by atoms with Crippen LogP contribution in [0.25, 0.3) is 0 Å². The van der Waals surface area contributed by atoms with Crippen molar-refractivity contribution < 1.29 is 14.7 Å². The van der Waals surface area contributed by atoms with E-state index >= 15 is 0 Å². The molecule has 1 aliphatic rings. The molecule has 2 atom stereocenters. The van der Waals surface area contributed by atoms with E-state index in [0.717, 1.165) is 0 Å². The fourth-order valence-corrected chi connectivity index (χ4v) is 4.97. The van der Waals surface area contributed by atoms with Crippen LogP contribution in [0.3, 0.4) is 0 Å². The summed E-state index contributed by atoms with van der Waals surface area (Å²) in [7, 11) is -2.12. The highest BCUT2D eigenvalue weighted by Crippen LogP contribution is 2.45. The Morgan fingerprint density at radius 3 is 2.32 bits per heavy atom. The molecule has 110 valence electrons. The van der Waals surface area contributed by atoms with Gasteiger partial charge in [-0.15, -0.1) is 11.6 Å². The van der Waals surface area contributed by atoms with Gasteiger partial charge in [0, 0.05) is 5.88 Å². The van der Waals surface area contributed by atoms with Gasteiger partial charge in [-0.25, -0.2) is 4.79 Å². The van der Waals surface area contributed by atoms with Crippen LogP contribution in [0.2, 0.25) is 18.1 Å². The van der Waals surface area contributed by atoms with Gasteiger partial charge in [0.1, 0.15) is 6.04 Å². The van der Waals surface area contributed by atoms with E-state index in [4.69, 9.17) is 11.6 Å². The minimum Gasteiger partial charge on any atom is -0.480 e. The van der Waals surface area contributed by atoms with Gasteiger partial charge in [0.15, 0.2) is 8.24 Å². The van der Waals surface area contributed by atoms with Crippen LogP contribution in [0.15, 0.2) is 0 Å². The summed E-state index contributed by atoms with van der Waals surface area (Å²) in [6, 6.07) is -0.656. The van der Waals surface area contributed by atoms with E-state index in [1.165, 1.54) is 0 Å². The van der Waals surface area contributed by atoms with Gasteiger partial charge in [-0.05, 0) is 17.9 Å². The number of halogens is 1. The lowest BCUT2D eigenvalue weighted by molar-refractivity contribution is -0.164. The van der Waals surface area contributed by atoms with Crippen LogP contribution >= 0.6 is 11.6 Å². The fourth-order valence-electron chi connectivity index (χ4n) is 2.39. The van der Waals surface area contributed by atoms with Crippen molar-refractivity contribution in [2.45, 2.75) is 57.8 Å². The summed E-state index contributed by atoms with van der Waals surface area (Å²) in [5.74, 6) is -0.797. The normalized spacial score (nSPS) is 24.3. The predicted octanol–water partition coefficient (Wildman–Crippen LogP) is 2.92. The zero-order valence-corrected chi connectivity index (χ0v) is 14.1. The maximum absolute atomic E-state index is 12.3. The van der Waals surface area contributed by atoms with E-state index in [-0.39, 0.29) is 16.9 Å². The Hall–Kier alpha value is -0.553. The molecular formula is C13H24ClNO3Si. The van der Waals surface area contributed by atoms with Crippen molar-refractivity contribution in [3.63, 3.8) is 0 Å². The molecule has 1 unspecified atom stereocenters. The average Bonchev–Trinajstić information content (AvgIpc) is 2.23. The van der Waals surface area contributed by atoms with Crippen molar-refractivity contribution in [3.8, 4) is 0 Å². The molecule has 4 nitrogen and oxygen atoms in total. The number of hydrogen-bond acceptors (Lipinski definition) is 2.